The highest BCUT2D eigenvalue weighted by Crippen LogP contribution is 2.21. The molecular formula is C14H21NO4S. The van der Waals surface area contributed by atoms with E-state index in [4.69, 9.17) is 9.47 Å². The summed E-state index contributed by atoms with van der Waals surface area (Å²) in [5, 5.41) is 9.57. The highest BCUT2D eigenvalue weighted by molar-refractivity contribution is 8.00. The molecule has 1 atom stereocenters. The number of thioether (sulfide) groups is 1. The highest BCUT2D eigenvalue weighted by atomic mass is 32.2. The fourth-order valence-corrected chi connectivity index (χ4v) is 2.43. The molecule has 0 fully saturated rings. The Morgan fingerprint density at radius 2 is 2.00 bits per heavy atom. The molecule has 0 radical (unpaired) electrons. The van der Waals surface area contributed by atoms with Crippen LogP contribution in [0.2, 0.25) is 0 Å². The van der Waals surface area contributed by atoms with Crippen LogP contribution >= 0.6 is 11.8 Å². The minimum Gasteiger partial charge on any atom is -0.497 e. The van der Waals surface area contributed by atoms with Gasteiger partial charge in [-0.1, -0.05) is 0 Å². The van der Waals surface area contributed by atoms with Gasteiger partial charge in [0.1, 0.15) is 5.75 Å². The monoisotopic (exact) mass is 299 g/mol. The van der Waals surface area contributed by atoms with Crippen molar-refractivity contribution in [1.29, 1.82) is 0 Å². The zero-order chi connectivity index (χ0) is 15.0. The summed E-state index contributed by atoms with van der Waals surface area (Å²) in [6.07, 6.45) is -0.653. The molecule has 20 heavy (non-hydrogen) atoms. The number of aliphatic hydroxyl groups excluding tert-OH is 1. The maximum absolute atomic E-state index is 11.9. The van der Waals surface area contributed by atoms with E-state index in [2.05, 4.69) is 0 Å². The zero-order valence-electron chi connectivity index (χ0n) is 12.0. The second kappa shape index (κ2) is 8.84. The molecular weight excluding hydrogens is 278 g/mol. The standard InChI is InChI=1S/C14H21NO4S/c1-15(8-11(16)9-18-2)14(17)10-20-13-6-4-12(19-3)5-7-13/h4-7,11,16H,8-10H2,1-3H3. The molecule has 1 rings (SSSR count). The first-order chi connectivity index (χ1) is 9.56. The number of rotatable bonds is 8. The van der Waals surface area contributed by atoms with Gasteiger partial charge in [0, 0.05) is 25.6 Å². The molecule has 5 nitrogen and oxygen atoms in total. The highest BCUT2D eigenvalue weighted by Gasteiger charge is 2.13. The molecule has 0 bridgehead atoms. The van der Waals surface area contributed by atoms with Gasteiger partial charge in [-0.05, 0) is 24.3 Å². The average Bonchev–Trinajstić information content (AvgIpc) is 2.45. The van der Waals surface area contributed by atoms with E-state index in [1.54, 1.807) is 14.2 Å². The summed E-state index contributed by atoms with van der Waals surface area (Å²) in [6, 6.07) is 7.55. The fourth-order valence-electron chi connectivity index (χ4n) is 1.59. The minimum atomic E-state index is -0.653. The number of benzene rings is 1. The van der Waals surface area contributed by atoms with Gasteiger partial charge in [-0.2, -0.15) is 0 Å². The van der Waals surface area contributed by atoms with Gasteiger partial charge in [-0.3, -0.25) is 4.79 Å². The molecule has 0 saturated carbocycles. The summed E-state index contributed by atoms with van der Waals surface area (Å²) in [7, 11) is 4.81. The molecule has 1 N–H and O–H groups in total. The first-order valence-corrected chi connectivity index (χ1v) is 7.23. The third kappa shape index (κ3) is 5.81. The first kappa shape index (κ1) is 16.8. The number of ether oxygens (including phenoxy) is 2. The molecule has 0 aliphatic heterocycles. The van der Waals surface area contributed by atoms with Crippen LogP contribution in [-0.4, -0.2) is 62.2 Å². The Hall–Kier alpha value is -1.24. The maximum atomic E-state index is 11.9. The Labute approximate surface area is 123 Å². The van der Waals surface area contributed by atoms with E-state index in [0.717, 1.165) is 10.6 Å². The van der Waals surface area contributed by atoms with Gasteiger partial charge >= 0.3 is 0 Å². The number of likely N-dealkylation sites (N-methyl/N-ethyl adjacent to an activating group) is 1. The van der Waals surface area contributed by atoms with E-state index in [-0.39, 0.29) is 19.1 Å². The summed E-state index contributed by atoms with van der Waals surface area (Å²) in [4.78, 5) is 14.4. The van der Waals surface area contributed by atoms with Crippen LogP contribution in [0, 0.1) is 0 Å². The van der Waals surface area contributed by atoms with Crippen LogP contribution in [0.25, 0.3) is 0 Å². The van der Waals surface area contributed by atoms with Gasteiger partial charge in [-0.15, -0.1) is 11.8 Å². The van der Waals surface area contributed by atoms with Gasteiger partial charge in [0.05, 0.1) is 25.6 Å². The fraction of sp³-hybridized carbons (Fsp3) is 0.500. The lowest BCUT2D eigenvalue weighted by atomic mass is 10.3. The third-order valence-corrected chi connectivity index (χ3v) is 3.69. The molecule has 0 aliphatic carbocycles. The molecule has 0 aliphatic rings. The Bertz CT molecular complexity index is 410. The van der Waals surface area contributed by atoms with Crippen molar-refractivity contribution in [2.45, 2.75) is 11.0 Å². The normalized spacial score (nSPS) is 12.0. The second-order valence-electron chi connectivity index (χ2n) is 4.35. The van der Waals surface area contributed by atoms with Gasteiger partial charge in [0.25, 0.3) is 0 Å². The number of hydrogen-bond donors (Lipinski definition) is 1. The predicted molar refractivity (Wildman–Crippen MR) is 79.2 cm³/mol. The predicted octanol–water partition coefficient (Wildman–Crippen LogP) is 1.25. The lowest BCUT2D eigenvalue weighted by molar-refractivity contribution is -0.128. The van der Waals surface area contributed by atoms with Crippen molar-refractivity contribution in [2.24, 2.45) is 0 Å². The van der Waals surface area contributed by atoms with E-state index in [0.29, 0.717) is 5.75 Å². The van der Waals surface area contributed by atoms with E-state index in [9.17, 15) is 9.90 Å². The van der Waals surface area contributed by atoms with E-state index in [1.165, 1.54) is 23.8 Å². The molecule has 0 spiro atoms. The summed E-state index contributed by atoms with van der Waals surface area (Å²) in [5.41, 5.74) is 0. The van der Waals surface area contributed by atoms with Crippen LogP contribution in [-0.2, 0) is 9.53 Å². The van der Waals surface area contributed by atoms with Crippen LogP contribution in [0.3, 0.4) is 0 Å². The molecule has 112 valence electrons. The third-order valence-electron chi connectivity index (χ3n) is 2.69. The molecule has 6 heteroatoms. The van der Waals surface area contributed by atoms with Crippen LogP contribution in [0.4, 0.5) is 0 Å². The van der Waals surface area contributed by atoms with E-state index >= 15 is 0 Å². The van der Waals surface area contributed by atoms with Crippen LogP contribution < -0.4 is 4.74 Å². The van der Waals surface area contributed by atoms with Crippen LogP contribution in [0.5, 0.6) is 5.75 Å². The van der Waals surface area contributed by atoms with E-state index < -0.39 is 6.10 Å². The van der Waals surface area contributed by atoms with Crippen molar-refractivity contribution in [3.05, 3.63) is 24.3 Å². The summed E-state index contributed by atoms with van der Waals surface area (Å²) in [5.74, 6) is 1.10. The number of carbonyl (C=O) groups excluding carboxylic acids is 1. The lowest BCUT2D eigenvalue weighted by Crippen LogP contribution is -2.37. The smallest absolute Gasteiger partial charge is 0.232 e. The summed E-state index contributed by atoms with van der Waals surface area (Å²) < 4.78 is 9.91. The van der Waals surface area contributed by atoms with Crippen molar-refractivity contribution < 1.29 is 19.4 Å². The molecule has 0 aromatic heterocycles. The Morgan fingerprint density at radius 3 is 2.55 bits per heavy atom. The number of amides is 1. The quantitative estimate of drug-likeness (QED) is 0.732. The van der Waals surface area contributed by atoms with Gasteiger partial charge in [0.2, 0.25) is 5.91 Å². The average molecular weight is 299 g/mol. The lowest BCUT2D eigenvalue weighted by Gasteiger charge is -2.20. The first-order valence-electron chi connectivity index (χ1n) is 6.24. The van der Waals surface area contributed by atoms with Gasteiger partial charge < -0.3 is 19.5 Å². The Morgan fingerprint density at radius 1 is 1.35 bits per heavy atom. The van der Waals surface area contributed by atoms with Gasteiger partial charge in [-0.25, -0.2) is 0 Å². The number of aliphatic hydroxyl groups is 1. The molecule has 0 heterocycles. The number of nitrogens with zero attached hydrogens (tertiary/aromatic N) is 1. The zero-order valence-corrected chi connectivity index (χ0v) is 12.9. The number of methoxy groups -OCH3 is 2. The largest absolute Gasteiger partial charge is 0.497 e. The van der Waals surface area contributed by atoms with Crippen molar-refractivity contribution in [3.8, 4) is 5.75 Å². The molecule has 1 aromatic rings. The number of carbonyl (C=O) groups is 1. The van der Waals surface area contributed by atoms with Crippen molar-refractivity contribution in [1.82, 2.24) is 4.90 Å². The van der Waals surface area contributed by atoms with Crippen molar-refractivity contribution in [2.75, 3.05) is 40.2 Å². The number of hydrogen-bond acceptors (Lipinski definition) is 5. The molecule has 1 unspecified atom stereocenters. The SMILES string of the molecule is COCC(O)CN(C)C(=O)CSc1ccc(OC)cc1. The minimum absolute atomic E-state index is 0.0269. The Kier molecular flexibility index (Phi) is 7.43. The molecule has 1 amide bonds. The topological polar surface area (TPSA) is 59.0 Å². The van der Waals surface area contributed by atoms with Crippen molar-refractivity contribution in [3.63, 3.8) is 0 Å². The second-order valence-corrected chi connectivity index (χ2v) is 5.40. The molecule has 1 aromatic carbocycles. The van der Waals surface area contributed by atoms with Crippen LogP contribution in [0.15, 0.2) is 29.2 Å². The summed E-state index contributed by atoms with van der Waals surface area (Å²) in [6.45, 7) is 0.499. The van der Waals surface area contributed by atoms with E-state index in [1.807, 2.05) is 24.3 Å². The maximum Gasteiger partial charge on any atom is 0.232 e. The molecule has 0 saturated heterocycles. The Balaban J connectivity index is 2.37. The summed E-state index contributed by atoms with van der Waals surface area (Å²) >= 11 is 1.46. The van der Waals surface area contributed by atoms with Crippen LogP contribution in [0.1, 0.15) is 0 Å². The van der Waals surface area contributed by atoms with Gasteiger partial charge in [0.15, 0.2) is 0 Å². The van der Waals surface area contributed by atoms with Crippen molar-refractivity contribution >= 4 is 17.7 Å².